The van der Waals surface area contributed by atoms with Gasteiger partial charge < -0.3 is 0 Å². The van der Waals surface area contributed by atoms with Crippen LogP contribution >= 0.6 is 11.8 Å². The molecule has 1 unspecified atom stereocenters. The van der Waals surface area contributed by atoms with Gasteiger partial charge in [0, 0.05) is 12.1 Å². The zero-order chi connectivity index (χ0) is 8.97. The lowest BCUT2D eigenvalue weighted by Crippen LogP contribution is -2.10. The average Bonchev–Trinajstić information content (AvgIpc) is 2.05. The summed E-state index contributed by atoms with van der Waals surface area (Å²) in [5.74, 6) is -0.545. The summed E-state index contributed by atoms with van der Waals surface area (Å²) >= 11 is 5.09. The molecule has 0 spiro atoms. The van der Waals surface area contributed by atoms with Gasteiger partial charge in [0.2, 0.25) is 0 Å². The minimum Gasteiger partial charge on any atom is -0.241 e. The van der Waals surface area contributed by atoms with E-state index >= 15 is 0 Å². The van der Waals surface area contributed by atoms with Crippen molar-refractivity contribution in [2.24, 2.45) is 0 Å². The van der Waals surface area contributed by atoms with Crippen LogP contribution in [-0.2, 0) is 0 Å². The SMILES string of the molecule is Fc1ccccc1C(F)CNCl. The predicted octanol–water partition coefficient (Wildman–Crippen LogP) is 2.58. The lowest BCUT2D eigenvalue weighted by Gasteiger charge is -2.06. The zero-order valence-corrected chi connectivity index (χ0v) is 6.98. The van der Waals surface area contributed by atoms with Crippen molar-refractivity contribution in [1.29, 1.82) is 0 Å². The van der Waals surface area contributed by atoms with E-state index in [4.69, 9.17) is 11.8 Å². The van der Waals surface area contributed by atoms with Gasteiger partial charge >= 0.3 is 0 Å². The Kier molecular flexibility index (Phi) is 3.44. The molecule has 0 saturated heterocycles. The molecule has 0 aliphatic carbocycles. The van der Waals surface area contributed by atoms with Crippen molar-refractivity contribution >= 4 is 11.8 Å². The van der Waals surface area contributed by atoms with E-state index in [0.29, 0.717) is 0 Å². The quantitative estimate of drug-likeness (QED) is 0.725. The molecular weight excluding hydrogens is 184 g/mol. The van der Waals surface area contributed by atoms with Crippen LogP contribution in [0.25, 0.3) is 0 Å². The molecule has 0 aromatic heterocycles. The Morgan fingerprint density at radius 2 is 2.08 bits per heavy atom. The van der Waals surface area contributed by atoms with Gasteiger partial charge in [-0.2, -0.15) is 0 Å². The molecule has 4 heteroatoms. The van der Waals surface area contributed by atoms with Crippen LogP contribution in [0.4, 0.5) is 8.78 Å². The number of alkyl halides is 1. The Balaban J connectivity index is 2.79. The van der Waals surface area contributed by atoms with Gasteiger partial charge in [-0.05, 0) is 17.8 Å². The largest absolute Gasteiger partial charge is 0.241 e. The Labute approximate surface area is 74.5 Å². The van der Waals surface area contributed by atoms with E-state index < -0.39 is 12.0 Å². The average molecular weight is 192 g/mol. The summed E-state index contributed by atoms with van der Waals surface area (Å²) in [4.78, 5) is 2.12. The zero-order valence-electron chi connectivity index (χ0n) is 6.23. The second-order valence-corrected chi connectivity index (χ2v) is 2.59. The Hall–Kier alpha value is -0.670. The van der Waals surface area contributed by atoms with Crippen molar-refractivity contribution < 1.29 is 8.78 Å². The summed E-state index contributed by atoms with van der Waals surface area (Å²) in [6, 6.07) is 5.71. The number of nitrogens with one attached hydrogen (secondary N) is 1. The Bertz CT molecular complexity index is 255. The summed E-state index contributed by atoms with van der Waals surface area (Å²) in [5.41, 5.74) is 0.0330. The highest BCUT2D eigenvalue weighted by molar-refractivity contribution is 6.13. The van der Waals surface area contributed by atoms with Crippen LogP contribution in [0.15, 0.2) is 24.3 Å². The molecule has 1 atom stereocenters. The van der Waals surface area contributed by atoms with Crippen molar-refractivity contribution in [3.63, 3.8) is 0 Å². The lowest BCUT2D eigenvalue weighted by molar-refractivity contribution is 0.334. The fourth-order valence-electron chi connectivity index (χ4n) is 0.907. The standard InChI is InChI=1S/C8H8ClF2N/c9-12-5-8(11)6-3-1-2-4-7(6)10/h1-4,8,12H,5H2. The maximum absolute atomic E-state index is 13.0. The molecule has 0 saturated carbocycles. The van der Waals surface area contributed by atoms with E-state index in [-0.39, 0.29) is 12.1 Å². The summed E-state index contributed by atoms with van der Waals surface area (Å²) in [7, 11) is 0. The van der Waals surface area contributed by atoms with Gasteiger partial charge in [0.05, 0.1) is 0 Å². The molecule has 1 nitrogen and oxygen atoms in total. The smallest absolute Gasteiger partial charge is 0.142 e. The molecule has 0 bridgehead atoms. The number of hydrogen-bond donors (Lipinski definition) is 1. The molecule has 1 N–H and O–H groups in total. The van der Waals surface area contributed by atoms with Crippen LogP contribution in [0.2, 0.25) is 0 Å². The van der Waals surface area contributed by atoms with Crippen molar-refractivity contribution in [3.05, 3.63) is 35.6 Å². The first-order valence-electron chi connectivity index (χ1n) is 3.47. The second kappa shape index (κ2) is 4.38. The third kappa shape index (κ3) is 2.16. The van der Waals surface area contributed by atoms with Gasteiger partial charge in [-0.1, -0.05) is 18.2 Å². The fraction of sp³-hybridized carbons (Fsp3) is 0.250. The third-order valence-electron chi connectivity index (χ3n) is 1.50. The number of hydrogen-bond acceptors (Lipinski definition) is 1. The Morgan fingerprint density at radius 1 is 1.42 bits per heavy atom. The van der Waals surface area contributed by atoms with E-state index in [1.807, 2.05) is 0 Å². The normalized spacial score (nSPS) is 12.9. The summed E-state index contributed by atoms with van der Waals surface area (Å²) < 4.78 is 25.9. The summed E-state index contributed by atoms with van der Waals surface area (Å²) in [5, 5.41) is 0. The first-order chi connectivity index (χ1) is 5.75. The molecule has 1 rings (SSSR count). The van der Waals surface area contributed by atoms with Crippen molar-refractivity contribution in [2.45, 2.75) is 6.17 Å². The molecule has 12 heavy (non-hydrogen) atoms. The van der Waals surface area contributed by atoms with Crippen molar-refractivity contribution in [3.8, 4) is 0 Å². The van der Waals surface area contributed by atoms with E-state index in [9.17, 15) is 8.78 Å². The minimum atomic E-state index is -1.40. The second-order valence-electron chi connectivity index (χ2n) is 2.33. The van der Waals surface area contributed by atoms with Crippen molar-refractivity contribution in [2.75, 3.05) is 6.54 Å². The number of halogens is 3. The monoisotopic (exact) mass is 191 g/mol. The van der Waals surface area contributed by atoms with Gasteiger partial charge in [-0.25, -0.2) is 13.6 Å². The van der Waals surface area contributed by atoms with Gasteiger partial charge in [-0.3, -0.25) is 0 Å². The van der Waals surface area contributed by atoms with E-state index in [1.54, 1.807) is 6.07 Å². The maximum Gasteiger partial charge on any atom is 0.142 e. The highest BCUT2D eigenvalue weighted by Crippen LogP contribution is 2.19. The number of benzene rings is 1. The molecule has 0 amide bonds. The molecule has 0 radical (unpaired) electrons. The van der Waals surface area contributed by atoms with E-state index in [2.05, 4.69) is 4.84 Å². The van der Waals surface area contributed by atoms with Gasteiger partial charge in [0.1, 0.15) is 12.0 Å². The Morgan fingerprint density at radius 3 is 2.67 bits per heavy atom. The molecule has 0 aliphatic heterocycles. The molecule has 66 valence electrons. The maximum atomic E-state index is 13.0. The van der Waals surface area contributed by atoms with Crippen LogP contribution in [0.3, 0.4) is 0 Å². The molecule has 1 aromatic carbocycles. The van der Waals surface area contributed by atoms with Crippen molar-refractivity contribution in [1.82, 2.24) is 4.84 Å². The molecule has 1 aromatic rings. The molecule has 0 fully saturated rings. The predicted molar refractivity (Wildman–Crippen MR) is 44.1 cm³/mol. The first-order valence-corrected chi connectivity index (χ1v) is 3.85. The first kappa shape index (κ1) is 9.42. The highest BCUT2D eigenvalue weighted by atomic mass is 35.5. The van der Waals surface area contributed by atoms with Gasteiger partial charge in [0.15, 0.2) is 0 Å². The van der Waals surface area contributed by atoms with Gasteiger partial charge in [-0.15, -0.1) is 0 Å². The highest BCUT2D eigenvalue weighted by Gasteiger charge is 2.12. The molecular formula is C8H8ClF2N. The van der Waals surface area contributed by atoms with Crippen LogP contribution in [0.1, 0.15) is 11.7 Å². The number of rotatable bonds is 3. The minimum absolute atomic E-state index is 0.0330. The van der Waals surface area contributed by atoms with Crippen LogP contribution < -0.4 is 4.84 Å². The van der Waals surface area contributed by atoms with Crippen LogP contribution in [0.5, 0.6) is 0 Å². The topological polar surface area (TPSA) is 12.0 Å². The third-order valence-corrected chi connectivity index (χ3v) is 1.65. The fourth-order valence-corrected chi connectivity index (χ4v) is 1.04. The molecule has 0 heterocycles. The van der Waals surface area contributed by atoms with E-state index in [1.165, 1.54) is 18.2 Å². The lowest BCUT2D eigenvalue weighted by atomic mass is 10.1. The van der Waals surface area contributed by atoms with Gasteiger partial charge in [0.25, 0.3) is 0 Å². The molecule has 0 aliphatic rings. The van der Waals surface area contributed by atoms with Crippen LogP contribution in [-0.4, -0.2) is 6.54 Å². The van der Waals surface area contributed by atoms with E-state index in [0.717, 1.165) is 0 Å². The van der Waals surface area contributed by atoms with Crippen LogP contribution in [0, 0.1) is 5.82 Å². The summed E-state index contributed by atoms with van der Waals surface area (Å²) in [6.07, 6.45) is -1.40. The summed E-state index contributed by atoms with van der Waals surface area (Å²) in [6.45, 7) is -0.0948.